The molecule has 0 unspecified atom stereocenters. The van der Waals surface area contributed by atoms with Crippen LogP contribution < -0.4 is 10.1 Å². The van der Waals surface area contributed by atoms with E-state index in [9.17, 15) is 19.7 Å². The van der Waals surface area contributed by atoms with Crippen molar-refractivity contribution in [3.8, 4) is 5.75 Å². The zero-order valence-electron chi connectivity index (χ0n) is 16.0. The maximum absolute atomic E-state index is 12.4. The van der Waals surface area contributed by atoms with Crippen LogP contribution in [0.5, 0.6) is 5.75 Å². The van der Waals surface area contributed by atoms with Crippen molar-refractivity contribution in [3.63, 3.8) is 0 Å². The Bertz CT molecular complexity index is 851. The number of nitro groups is 1. The third-order valence-corrected chi connectivity index (χ3v) is 4.37. The lowest BCUT2D eigenvalue weighted by Crippen LogP contribution is -2.39. The smallest absolute Gasteiger partial charge is 0.269 e. The van der Waals surface area contributed by atoms with Gasteiger partial charge in [-0.3, -0.25) is 19.7 Å². The van der Waals surface area contributed by atoms with E-state index in [0.29, 0.717) is 23.5 Å². The Morgan fingerprint density at radius 1 is 1.21 bits per heavy atom. The molecule has 2 rings (SSSR count). The number of hydrogen-bond donors (Lipinski definition) is 1. The molecule has 0 bridgehead atoms. The van der Waals surface area contributed by atoms with E-state index in [1.807, 2.05) is 6.92 Å². The van der Waals surface area contributed by atoms with Gasteiger partial charge >= 0.3 is 0 Å². The number of non-ortho nitro benzene ring substituents is 1. The molecule has 28 heavy (non-hydrogen) atoms. The summed E-state index contributed by atoms with van der Waals surface area (Å²) >= 11 is 0. The fourth-order valence-corrected chi connectivity index (χ4v) is 2.59. The monoisotopic (exact) mass is 385 g/mol. The molecule has 8 heteroatoms. The lowest BCUT2D eigenvalue weighted by molar-refractivity contribution is -0.384. The lowest BCUT2D eigenvalue weighted by atomic mass is 10.1. The van der Waals surface area contributed by atoms with Crippen molar-refractivity contribution in [1.29, 1.82) is 0 Å². The summed E-state index contributed by atoms with van der Waals surface area (Å²) in [5.41, 5.74) is 1.03. The van der Waals surface area contributed by atoms with E-state index in [1.54, 1.807) is 50.4 Å². The van der Waals surface area contributed by atoms with E-state index >= 15 is 0 Å². The summed E-state index contributed by atoms with van der Waals surface area (Å²) in [7, 11) is 1.59. The van der Waals surface area contributed by atoms with Crippen molar-refractivity contribution in [1.82, 2.24) is 10.2 Å². The Hall–Kier alpha value is -3.42. The predicted octanol–water partition coefficient (Wildman–Crippen LogP) is 2.94. The summed E-state index contributed by atoms with van der Waals surface area (Å²) in [4.78, 5) is 36.5. The fourth-order valence-electron chi connectivity index (χ4n) is 2.59. The summed E-state index contributed by atoms with van der Waals surface area (Å²) in [6.07, 6.45) is 0. The van der Waals surface area contributed by atoms with Crippen molar-refractivity contribution >= 4 is 17.5 Å². The van der Waals surface area contributed by atoms with Crippen molar-refractivity contribution in [3.05, 3.63) is 69.8 Å². The van der Waals surface area contributed by atoms with Crippen molar-refractivity contribution in [2.75, 3.05) is 20.2 Å². The van der Waals surface area contributed by atoms with Gasteiger partial charge in [-0.05, 0) is 43.7 Å². The number of hydrogen-bond acceptors (Lipinski definition) is 5. The number of likely N-dealkylation sites (N-methyl/N-ethyl adjacent to an activating group) is 1. The molecule has 2 amide bonds. The molecule has 0 aliphatic carbocycles. The van der Waals surface area contributed by atoms with Gasteiger partial charge in [-0.1, -0.05) is 12.1 Å². The van der Waals surface area contributed by atoms with Crippen molar-refractivity contribution in [2.24, 2.45) is 0 Å². The molecule has 0 aliphatic heterocycles. The van der Waals surface area contributed by atoms with Crippen LogP contribution in [-0.2, 0) is 4.79 Å². The van der Waals surface area contributed by atoms with Gasteiger partial charge in [0.1, 0.15) is 5.75 Å². The molecule has 0 saturated carbocycles. The maximum Gasteiger partial charge on any atom is 0.269 e. The minimum absolute atomic E-state index is 0.0333. The minimum atomic E-state index is -0.477. The van der Waals surface area contributed by atoms with E-state index in [0.717, 1.165) is 0 Å². The van der Waals surface area contributed by atoms with Crippen LogP contribution in [0.4, 0.5) is 5.69 Å². The predicted molar refractivity (Wildman–Crippen MR) is 104 cm³/mol. The first kappa shape index (κ1) is 20.9. The third-order valence-electron chi connectivity index (χ3n) is 4.37. The van der Waals surface area contributed by atoms with Gasteiger partial charge in [0, 0.05) is 24.7 Å². The zero-order valence-corrected chi connectivity index (χ0v) is 16.0. The molecule has 2 aromatic rings. The molecule has 0 radical (unpaired) electrons. The molecule has 1 atom stereocenters. The number of carbonyl (C=O) groups excluding carboxylic acids is 2. The second kappa shape index (κ2) is 9.50. The van der Waals surface area contributed by atoms with Crippen LogP contribution in [0.25, 0.3) is 0 Å². The largest absolute Gasteiger partial charge is 0.494 e. The molecule has 8 nitrogen and oxygen atoms in total. The molecule has 0 aromatic heterocycles. The highest BCUT2D eigenvalue weighted by atomic mass is 16.6. The molecular weight excluding hydrogens is 362 g/mol. The van der Waals surface area contributed by atoms with E-state index < -0.39 is 4.92 Å². The van der Waals surface area contributed by atoms with Crippen molar-refractivity contribution in [2.45, 2.75) is 19.9 Å². The van der Waals surface area contributed by atoms with E-state index in [-0.39, 0.29) is 30.1 Å². The molecule has 2 aromatic carbocycles. The standard InChI is InChI=1S/C20H23N3O5/c1-4-28-18-10-8-15(9-11-18)20(25)21-13-19(24)22(3)14(2)16-6-5-7-17(12-16)23(26)27/h5-12,14H,4,13H2,1-3H3,(H,21,25)/t14-/m1/s1. The second-order valence-corrected chi connectivity index (χ2v) is 6.17. The number of ether oxygens (including phenoxy) is 1. The van der Waals surface area contributed by atoms with Gasteiger partial charge in [0.25, 0.3) is 11.6 Å². The third kappa shape index (κ3) is 5.29. The van der Waals surface area contributed by atoms with Crippen LogP contribution in [0.2, 0.25) is 0 Å². The number of carbonyl (C=O) groups is 2. The molecule has 0 saturated heterocycles. The summed E-state index contributed by atoms with van der Waals surface area (Å²) in [5, 5.41) is 13.5. The fraction of sp³-hybridized carbons (Fsp3) is 0.300. The van der Waals surface area contributed by atoms with Gasteiger partial charge in [0.15, 0.2) is 0 Å². The van der Waals surface area contributed by atoms with Gasteiger partial charge in [-0.15, -0.1) is 0 Å². The molecule has 148 valence electrons. The Kier molecular flexibility index (Phi) is 7.08. The number of benzene rings is 2. The molecule has 0 spiro atoms. The second-order valence-electron chi connectivity index (χ2n) is 6.17. The van der Waals surface area contributed by atoms with Gasteiger partial charge in [0.2, 0.25) is 5.91 Å². The summed E-state index contributed by atoms with van der Waals surface area (Å²) in [6.45, 7) is 4.00. The van der Waals surface area contributed by atoms with Crippen LogP contribution in [0.3, 0.4) is 0 Å². The first-order valence-electron chi connectivity index (χ1n) is 8.84. The zero-order chi connectivity index (χ0) is 20.7. The van der Waals surface area contributed by atoms with E-state index in [4.69, 9.17) is 4.74 Å². The van der Waals surface area contributed by atoms with Crippen LogP contribution in [-0.4, -0.2) is 41.8 Å². The Labute approximate surface area is 163 Å². The highest BCUT2D eigenvalue weighted by molar-refractivity contribution is 5.96. The first-order chi connectivity index (χ1) is 13.3. The van der Waals surface area contributed by atoms with Gasteiger partial charge in [0.05, 0.1) is 24.1 Å². The first-order valence-corrected chi connectivity index (χ1v) is 8.84. The van der Waals surface area contributed by atoms with Gasteiger partial charge in [-0.25, -0.2) is 0 Å². The van der Waals surface area contributed by atoms with Crippen LogP contribution in [0.15, 0.2) is 48.5 Å². The highest BCUT2D eigenvalue weighted by Gasteiger charge is 2.20. The number of rotatable bonds is 8. The Morgan fingerprint density at radius 3 is 2.50 bits per heavy atom. The topological polar surface area (TPSA) is 102 Å². The quantitative estimate of drug-likeness (QED) is 0.556. The Balaban J connectivity index is 1.95. The number of nitro benzene ring substituents is 1. The summed E-state index contributed by atoms with van der Waals surface area (Å²) in [5.74, 6) is -0.00766. The van der Waals surface area contributed by atoms with Crippen LogP contribution >= 0.6 is 0 Å². The van der Waals surface area contributed by atoms with Crippen LogP contribution in [0, 0.1) is 10.1 Å². The SMILES string of the molecule is CCOc1ccc(C(=O)NCC(=O)N(C)[C@H](C)c2cccc([N+](=O)[O-])c2)cc1. The normalized spacial score (nSPS) is 11.4. The highest BCUT2D eigenvalue weighted by Crippen LogP contribution is 2.23. The lowest BCUT2D eigenvalue weighted by Gasteiger charge is -2.25. The number of nitrogens with one attached hydrogen (secondary N) is 1. The average Bonchev–Trinajstić information content (AvgIpc) is 2.71. The van der Waals surface area contributed by atoms with Gasteiger partial charge in [-0.2, -0.15) is 0 Å². The van der Waals surface area contributed by atoms with Crippen molar-refractivity contribution < 1.29 is 19.2 Å². The molecule has 0 fully saturated rings. The van der Waals surface area contributed by atoms with Crippen LogP contribution in [0.1, 0.15) is 35.8 Å². The molecule has 0 aliphatic rings. The number of nitrogens with zero attached hydrogens (tertiary/aromatic N) is 2. The summed E-state index contributed by atoms with van der Waals surface area (Å²) in [6, 6.07) is 12.4. The maximum atomic E-state index is 12.4. The number of amides is 2. The minimum Gasteiger partial charge on any atom is -0.494 e. The summed E-state index contributed by atoms with van der Waals surface area (Å²) < 4.78 is 5.33. The Morgan fingerprint density at radius 2 is 1.89 bits per heavy atom. The molecular formula is C20H23N3O5. The van der Waals surface area contributed by atoms with Gasteiger partial charge < -0.3 is 15.0 Å². The average molecular weight is 385 g/mol. The molecule has 0 heterocycles. The van der Waals surface area contributed by atoms with E-state index in [2.05, 4.69) is 5.32 Å². The molecule has 1 N–H and O–H groups in total. The van der Waals surface area contributed by atoms with E-state index in [1.165, 1.54) is 17.0 Å².